The molecule has 2 amide bonds. The van der Waals surface area contributed by atoms with E-state index in [-0.39, 0.29) is 23.0 Å². The van der Waals surface area contributed by atoms with Crippen LogP contribution in [-0.4, -0.2) is 33.4 Å². The largest absolute Gasteiger partial charge is 0.465 e. The maximum atomic E-state index is 15.6. The van der Waals surface area contributed by atoms with E-state index in [9.17, 15) is 22.8 Å². The number of carbonyl (C=O) groups is 2. The molecule has 40 heavy (non-hydrogen) atoms. The lowest BCUT2D eigenvalue weighted by Gasteiger charge is -2.25. The van der Waals surface area contributed by atoms with Crippen LogP contribution in [0.3, 0.4) is 0 Å². The van der Waals surface area contributed by atoms with Crippen molar-refractivity contribution in [2.75, 3.05) is 16.6 Å². The molecule has 0 atom stereocenters. The molecule has 0 saturated carbocycles. The first-order chi connectivity index (χ1) is 19.1. The predicted molar refractivity (Wildman–Crippen MR) is 142 cm³/mol. The smallest absolute Gasteiger partial charge is 0.435 e. The van der Waals surface area contributed by atoms with Gasteiger partial charge in [-0.2, -0.15) is 18.3 Å². The van der Waals surface area contributed by atoms with E-state index < -0.39 is 29.6 Å². The van der Waals surface area contributed by atoms with E-state index in [1.165, 1.54) is 36.4 Å². The highest BCUT2D eigenvalue weighted by Crippen LogP contribution is 2.33. The number of halogens is 4. The van der Waals surface area contributed by atoms with Crippen LogP contribution in [0.15, 0.2) is 84.9 Å². The number of aromatic nitrogens is 2. The van der Waals surface area contributed by atoms with E-state index in [0.717, 1.165) is 12.1 Å². The average molecular weight is 556 g/mol. The van der Waals surface area contributed by atoms with Crippen molar-refractivity contribution in [3.05, 3.63) is 102 Å². The summed E-state index contributed by atoms with van der Waals surface area (Å²) in [5, 5.41) is 14.3. The summed E-state index contributed by atoms with van der Waals surface area (Å²) >= 11 is 0. The predicted octanol–water partition coefficient (Wildman–Crippen LogP) is 6.74. The molecule has 8 nitrogen and oxygen atoms in total. The third kappa shape index (κ3) is 6.40. The van der Waals surface area contributed by atoms with Crippen molar-refractivity contribution < 1.29 is 32.3 Å². The minimum Gasteiger partial charge on any atom is -0.465 e. The molecule has 3 aromatic carbocycles. The van der Waals surface area contributed by atoms with Gasteiger partial charge in [0.05, 0.1) is 11.4 Å². The SMILES string of the molecule is CCCN(c1ccccc1)c1cccc(N(F)C(=O)c2cc(C(F)(F)F)nn2-c2cccc(CNC(=O)O)c2)c1. The Kier molecular flexibility index (Phi) is 8.37. The van der Waals surface area contributed by atoms with Crippen molar-refractivity contribution in [2.45, 2.75) is 26.1 Å². The summed E-state index contributed by atoms with van der Waals surface area (Å²) in [5.41, 5.74) is -0.386. The van der Waals surface area contributed by atoms with Gasteiger partial charge in [-0.15, -0.1) is 5.12 Å². The van der Waals surface area contributed by atoms with Gasteiger partial charge in [0.25, 0.3) is 0 Å². The molecule has 1 aromatic heterocycles. The third-order valence-corrected chi connectivity index (χ3v) is 5.88. The zero-order valence-electron chi connectivity index (χ0n) is 21.3. The highest BCUT2D eigenvalue weighted by molar-refractivity contribution is 6.04. The maximum absolute atomic E-state index is 15.6. The first-order valence-electron chi connectivity index (χ1n) is 12.2. The zero-order chi connectivity index (χ0) is 28.9. The van der Waals surface area contributed by atoms with E-state index in [0.29, 0.717) is 28.5 Å². The Morgan fingerprint density at radius 3 is 2.27 bits per heavy atom. The highest BCUT2D eigenvalue weighted by Gasteiger charge is 2.37. The van der Waals surface area contributed by atoms with E-state index in [2.05, 4.69) is 10.4 Å². The van der Waals surface area contributed by atoms with Gasteiger partial charge in [0.15, 0.2) is 5.69 Å². The number of nitrogens with one attached hydrogen (secondary N) is 1. The fourth-order valence-electron chi connectivity index (χ4n) is 4.08. The summed E-state index contributed by atoms with van der Waals surface area (Å²) in [4.78, 5) is 26.0. The van der Waals surface area contributed by atoms with Gasteiger partial charge in [-0.1, -0.05) is 47.8 Å². The number of carboxylic acid groups (broad SMARTS) is 1. The molecular formula is C28H25F4N5O3. The summed E-state index contributed by atoms with van der Waals surface area (Å²) in [6.45, 7) is 2.44. The summed E-state index contributed by atoms with van der Waals surface area (Å²) in [6, 6.07) is 21.6. The van der Waals surface area contributed by atoms with Crippen LogP contribution in [0.1, 0.15) is 35.1 Å². The number of para-hydroxylation sites is 1. The Hall–Kier alpha value is -4.87. The minimum absolute atomic E-state index is 0.0175. The normalized spacial score (nSPS) is 11.2. The Balaban J connectivity index is 1.71. The second-order valence-corrected chi connectivity index (χ2v) is 8.75. The number of anilines is 3. The summed E-state index contributed by atoms with van der Waals surface area (Å²) in [6.07, 6.45) is -5.42. The second-order valence-electron chi connectivity index (χ2n) is 8.75. The molecule has 0 saturated heterocycles. The molecule has 12 heteroatoms. The van der Waals surface area contributed by atoms with Crippen LogP contribution in [0.2, 0.25) is 0 Å². The Labute approximate surface area is 227 Å². The number of hydrogen-bond acceptors (Lipinski definition) is 4. The molecule has 2 N–H and O–H groups in total. The van der Waals surface area contributed by atoms with Crippen molar-refractivity contribution in [3.8, 4) is 5.69 Å². The highest BCUT2D eigenvalue weighted by atomic mass is 19.4. The first-order valence-corrected chi connectivity index (χ1v) is 12.2. The van der Waals surface area contributed by atoms with Crippen molar-refractivity contribution in [3.63, 3.8) is 0 Å². The molecular weight excluding hydrogens is 530 g/mol. The van der Waals surface area contributed by atoms with E-state index in [4.69, 9.17) is 5.11 Å². The van der Waals surface area contributed by atoms with E-state index >= 15 is 4.48 Å². The van der Waals surface area contributed by atoms with Gasteiger partial charge >= 0.3 is 18.2 Å². The number of nitrogens with zero attached hydrogens (tertiary/aromatic N) is 4. The average Bonchev–Trinajstić information content (AvgIpc) is 3.41. The van der Waals surface area contributed by atoms with Crippen molar-refractivity contribution in [2.24, 2.45) is 0 Å². The fraction of sp³-hybridized carbons (Fsp3) is 0.179. The van der Waals surface area contributed by atoms with Crippen molar-refractivity contribution in [1.82, 2.24) is 15.1 Å². The molecule has 4 rings (SSSR count). The molecule has 208 valence electrons. The summed E-state index contributed by atoms with van der Waals surface area (Å²) in [7, 11) is 0. The van der Waals surface area contributed by atoms with Crippen LogP contribution >= 0.6 is 0 Å². The molecule has 1 heterocycles. The first kappa shape index (κ1) is 28.1. The van der Waals surface area contributed by atoms with Gasteiger partial charge in [-0.25, -0.2) is 9.48 Å². The molecule has 0 spiro atoms. The lowest BCUT2D eigenvalue weighted by molar-refractivity contribution is -0.141. The van der Waals surface area contributed by atoms with Crippen LogP contribution in [0.25, 0.3) is 5.69 Å². The monoisotopic (exact) mass is 555 g/mol. The van der Waals surface area contributed by atoms with Gasteiger partial charge in [-0.05, 0) is 54.4 Å². The van der Waals surface area contributed by atoms with E-state index in [1.807, 2.05) is 42.2 Å². The van der Waals surface area contributed by atoms with Gasteiger partial charge < -0.3 is 15.3 Å². The molecule has 0 aliphatic rings. The van der Waals surface area contributed by atoms with E-state index in [1.54, 1.807) is 12.1 Å². The number of amides is 2. The maximum Gasteiger partial charge on any atom is 0.435 e. The molecule has 0 aliphatic carbocycles. The molecule has 0 aliphatic heterocycles. The number of hydrogen-bond donors (Lipinski definition) is 2. The lowest BCUT2D eigenvalue weighted by Crippen LogP contribution is -2.25. The molecule has 0 unspecified atom stereocenters. The second kappa shape index (κ2) is 11.9. The van der Waals surface area contributed by atoms with Crippen molar-refractivity contribution >= 4 is 29.1 Å². The minimum atomic E-state index is -4.90. The van der Waals surface area contributed by atoms with Gasteiger partial charge in [0.2, 0.25) is 0 Å². The topological polar surface area (TPSA) is 90.7 Å². The number of alkyl halides is 3. The number of carbonyl (C=O) groups excluding carboxylic acids is 1. The van der Waals surface area contributed by atoms with Crippen LogP contribution in [0.5, 0.6) is 0 Å². The van der Waals surface area contributed by atoms with Crippen LogP contribution in [-0.2, 0) is 12.7 Å². The van der Waals surface area contributed by atoms with Crippen LogP contribution in [0, 0.1) is 0 Å². The van der Waals surface area contributed by atoms with Crippen molar-refractivity contribution in [1.29, 1.82) is 0 Å². The van der Waals surface area contributed by atoms with Gasteiger partial charge in [0.1, 0.15) is 5.69 Å². The third-order valence-electron chi connectivity index (χ3n) is 5.88. The zero-order valence-corrected chi connectivity index (χ0v) is 21.3. The Bertz CT molecular complexity index is 1490. The van der Waals surface area contributed by atoms with Gasteiger partial charge in [-0.3, -0.25) is 4.79 Å². The fourth-order valence-corrected chi connectivity index (χ4v) is 4.08. The summed E-state index contributed by atoms with van der Waals surface area (Å²) in [5.74, 6) is -1.36. The molecule has 4 aromatic rings. The van der Waals surface area contributed by atoms with Crippen LogP contribution in [0.4, 0.5) is 39.5 Å². The molecule has 0 radical (unpaired) electrons. The Morgan fingerprint density at radius 2 is 1.60 bits per heavy atom. The molecule has 0 fully saturated rings. The summed E-state index contributed by atoms with van der Waals surface area (Å²) < 4.78 is 57.0. The number of rotatable bonds is 9. The Morgan fingerprint density at radius 1 is 0.925 bits per heavy atom. The molecule has 0 bridgehead atoms. The standard InChI is InChI=1S/C28H25F4N5O3/c1-2-14-35(20-9-4-3-5-10-20)21-11-7-12-22(16-21)36(32)26(38)24-17-25(28(29,30)31)34-37(24)23-13-6-8-19(15-23)18-33-27(39)40/h3-13,15-17,33H,2,14,18H2,1H3,(H,39,40). The lowest BCUT2D eigenvalue weighted by atomic mass is 10.2. The van der Waals surface area contributed by atoms with Crippen LogP contribution < -0.4 is 15.3 Å². The van der Waals surface area contributed by atoms with Gasteiger partial charge in [0, 0.05) is 30.5 Å². The number of benzene rings is 3. The quantitative estimate of drug-likeness (QED) is 0.176.